The summed E-state index contributed by atoms with van der Waals surface area (Å²) >= 11 is 5.74. The lowest BCUT2D eigenvalue weighted by atomic mass is 10.4. The van der Waals surface area contributed by atoms with Gasteiger partial charge in [-0.15, -0.1) is 0 Å². The Balaban J connectivity index is 2.18. The second kappa shape index (κ2) is 4.28. The van der Waals surface area contributed by atoms with Crippen LogP contribution in [0, 0.1) is 6.92 Å². The number of aromatic amines is 1. The summed E-state index contributed by atoms with van der Waals surface area (Å²) in [5.74, 6) is -0.191. The predicted molar refractivity (Wildman–Crippen MR) is 58.3 cm³/mol. The summed E-state index contributed by atoms with van der Waals surface area (Å²) in [5.41, 5.74) is 1.01. The molecule has 0 saturated heterocycles. The van der Waals surface area contributed by atoms with E-state index in [1.54, 1.807) is 19.1 Å². The molecule has 6 nitrogen and oxygen atoms in total. The first-order chi connectivity index (χ1) is 7.65. The molecule has 0 aliphatic heterocycles. The standard InChI is InChI=1S/C9H8ClN5O/c1-5-4-7(10)13-9(12-5)14-8(16)6-2-3-11-15-6/h2-4H,1H3,(H,11,15)(H,12,13,14,16). The van der Waals surface area contributed by atoms with Crippen molar-refractivity contribution in [3.05, 3.63) is 34.9 Å². The molecule has 2 heterocycles. The fourth-order valence-corrected chi connectivity index (χ4v) is 1.38. The van der Waals surface area contributed by atoms with Gasteiger partial charge in [0, 0.05) is 11.9 Å². The molecule has 16 heavy (non-hydrogen) atoms. The molecule has 0 aliphatic carbocycles. The molecule has 0 fully saturated rings. The molecule has 2 aromatic heterocycles. The quantitative estimate of drug-likeness (QED) is 0.774. The number of rotatable bonds is 2. The van der Waals surface area contributed by atoms with E-state index < -0.39 is 0 Å². The normalized spacial score (nSPS) is 10.1. The zero-order chi connectivity index (χ0) is 11.5. The number of aryl methyl sites for hydroxylation is 1. The Labute approximate surface area is 96.1 Å². The Hall–Kier alpha value is -1.95. The van der Waals surface area contributed by atoms with Crippen molar-refractivity contribution >= 4 is 23.5 Å². The first-order valence-electron chi connectivity index (χ1n) is 4.47. The van der Waals surface area contributed by atoms with Crippen LogP contribution in [-0.4, -0.2) is 26.1 Å². The van der Waals surface area contributed by atoms with Gasteiger partial charge < -0.3 is 0 Å². The van der Waals surface area contributed by atoms with E-state index in [9.17, 15) is 4.79 Å². The average Bonchev–Trinajstić information content (AvgIpc) is 2.68. The summed E-state index contributed by atoms with van der Waals surface area (Å²) in [6.07, 6.45) is 1.49. The second-order valence-corrected chi connectivity index (χ2v) is 3.47. The molecule has 0 bridgehead atoms. The lowest BCUT2D eigenvalue weighted by Crippen LogP contribution is -2.15. The summed E-state index contributed by atoms with van der Waals surface area (Å²) in [5, 5.41) is 9.00. The number of hydrogen-bond donors (Lipinski definition) is 2. The first-order valence-corrected chi connectivity index (χ1v) is 4.85. The molecule has 7 heteroatoms. The van der Waals surface area contributed by atoms with Gasteiger partial charge in [-0.2, -0.15) is 5.10 Å². The minimum atomic E-state index is -0.362. The summed E-state index contributed by atoms with van der Waals surface area (Å²) in [4.78, 5) is 19.5. The van der Waals surface area contributed by atoms with Gasteiger partial charge in [-0.25, -0.2) is 9.97 Å². The van der Waals surface area contributed by atoms with Gasteiger partial charge in [-0.05, 0) is 19.1 Å². The molecule has 0 unspecified atom stereocenters. The third-order valence-corrected chi connectivity index (χ3v) is 1.99. The number of nitrogens with zero attached hydrogens (tertiary/aromatic N) is 3. The SMILES string of the molecule is Cc1cc(Cl)nc(NC(=O)c2ccn[nH]2)n1. The molecule has 2 N–H and O–H groups in total. The fraction of sp³-hybridized carbons (Fsp3) is 0.111. The highest BCUT2D eigenvalue weighted by Gasteiger charge is 2.09. The van der Waals surface area contributed by atoms with Crippen molar-refractivity contribution in [2.45, 2.75) is 6.92 Å². The van der Waals surface area contributed by atoms with Crippen LogP contribution in [0.1, 0.15) is 16.2 Å². The molecule has 2 aromatic rings. The van der Waals surface area contributed by atoms with E-state index in [4.69, 9.17) is 11.6 Å². The van der Waals surface area contributed by atoms with Crippen LogP contribution in [0.2, 0.25) is 5.15 Å². The third-order valence-electron chi connectivity index (χ3n) is 1.79. The lowest BCUT2D eigenvalue weighted by Gasteiger charge is -2.02. The predicted octanol–water partition coefficient (Wildman–Crippen LogP) is 1.41. The Bertz CT molecular complexity index is 490. The number of anilines is 1. The first kappa shape index (κ1) is 10.6. The zero-order valence-electron chi connectivity index (χ0n) is 8.36. The van der Waals surface area contributed by atoms with E-state index in [1.807, 2.05) is 0 Å². The van der Waals surface area contributed by atoms with Crippen molar-refractivity contribution < 1.29 is 4.79 Å². The van der Waals surface area contributed by atoms with Crippen molar-refractivity contribution in [3.63, 3.8) is 0 Å². The molecular formula is C9H8ClN5O. The van der Waals surface area contributed by atoms with E-state index in [-0.39, 0.29) is 17.0 Å². The number of H-pyrrole nitrogens is 1. The van der Waals surface area contributed by atoms with E-state index in [2.05, 4.69) is 25.5 Å². The van der Waals surface area contributed by atoms with Crippen molar-refractivity contribution in [1.29, 1.82) is 0 Å². The zero-order valence-corrected chi connectivity index (χ0v) is 9.12. The Morgan fingerprint density at radius 1 is 1.50 bits per heavy atom. The number of amides is 1. The smallest absolute Gasteiger partial charge is 0.276 e. The molecule has 0 saturated carbocycles. The Kier molecular flexibility index (Phi) is 2.82. The maximum atomic E-state index is 11.6. The highest BCUT2D eigenvalue weighted by Crippen LogP contribution is 2.10. The van der Waals surface area contributed by atoms with Gasteiger partial charge in [-0.3, -0.25) is 15.2 Å². The number of halogens is 1. The van der Waals surface area contributed by atoms with Gasteiger partial charge in [0.15, 0.2) is 0 Å². The van der Waals surface area contributed by atoms with E-state index in [0.717, 1.165) is 0 Å². The van der Waals surface area contributed by atoms with Crippen molar-refractivity contribution in [3.8, 4) is 0 Å². The third kappa shape index (κ3) is 2.34. The monoisotopic (exact) mass is 237 g/mol. The number of carbonyl (C=O) groups excluding carboxylic acids is 1. The molecular weight excluding hydrogens is 230 g/mol. The van der Waals surface area contributed by atoms with Gasteiger partial charge in [0.1, 0.15) is 10.8 Å². The maximum Gasteiger partial charge on any atom is 0.276 e. The largest absolute Gasteiger partial charge is 0.289 e. The molecule has 0 atom stereocenters. The molecule has 82 valence electrons. The van der Waals surface area contributed by atoms with Crippen LogP contribution in [0.15, 0.2) is 18.3 Å². The van der Waals surface area contributed by atoms with Gasteiger partial charge in [0.05, 0.1) is 0 Å². The van der Waals surface area contributed by atoms with Crippen molar-refractivity contribution in [2.75, 3.05) is 5.32 Å². The molecule has 0 spiro atoms. The van der Waals surface area contributed by atoms with Crippen molar-refractivity contribution in [2.24, 2.45) is 0 Å². The number of aromatic nitrogens is 4. The molecule has 2 rings (SSSR count). The van der Waals surface area contributed by atoms with Crippen LogP contribution in [0.25, 0.3) is 0 Å². The molecule has 0 aliphatic rings. The second-order valence-electron chi connectivity index (χ2n) is 3.08. The molecule has 0 aromatic carbocycles. The van der Waals surface area contributed by atoms with E-state index in [0.29, 0.717) is 11.4 Å². The van der Waals surface area contributed by atoms with Gasteiger partial charge in [-0.1, -0.05) is 11.6 Å². The van der Waals surface area contributed by atoms with Crippen LogP contribution in [0.5, 0.6) is 0 Å². The Morgan fingerprint density at radius 2 is 2.31 bits per heavy atom. The Morgan fingerprint density at radius 3 is 2.94 bits per heavy atom. The highest BCUT2D eigenvalue weighted by molar-refractivity contribution is 6.29. The average molecular weight is 238 g/mol. The topological polar surface area (TPSA) is 83.6 Å². The van der Waals surface area contributed by atoms with Crippen LogP contribution >= 0.6 is 11.6 Å². The van der Waals surface area contributed by atoms with Crippen LogP contribution in [-0.2, 0) is 0 Å². The minimum Gasteiger partial charge on any atom is -0.289 e. The van der Waals surface area contributed by atoms with Crippen LogP contribution in [0.3, 0.4) is 0 Å². The maximum absolute atomic E-state index is 11.6. The highest BCUT2D eigenvalue weighted by atomic mass is 35.5. The summed E-state index contributed by atoms with van der Waals surface area (Å²) in [6, 6.07) is 3.15. The van der Waals surface area contributed by atoms with Crippen LogP contribution in [0.4, 0.5) is 5.95 Å². The molecule has 0 radical (unpaired) electrons. The summed E-state index contributed by atoms with van der Waals surface area (Å²) in [7, 11) is 0. The van der Waals surface area contributed by atoms with Gasteiger partial charge in [0.25, 0.3) is 5.91 Å². The number of hydrogen-bond acceptors (Lipinski definition) is 4. The van der Waals surface area contributed by atoms with Gasteiger partial charge in [0.2, 0.25) is 5.95 Å². The van der Waals surface area contributed by atoms with E-state index in [1.165, 1.54) is 6.20 Å². The van der Waals surface area contributed by atoms with Crippen LogP contribution < -0.4 is 5.32 Å². The van der Waals surface area contributed by atoms with Crippen molar-refractivity contribution in [1.82, 2.24) is 20.2 Å². The number of nitrogens with one attached hydrogen (secondary N) is 2. The number of carbonyl (C=O) groups is 1. The minimum absolute atomic E-state index is 0.171. The summed E-state index contributed by atoms with van der Waals surface area (Å²) < 4.78 is 0. The lowest BCUT2D eigenvalue weighted by molar-refractivity contribution is 0.102. The summed E-state index contributed by atoms with van der Waals surface area (Å²) in [6.45, 7) is 1.76. The fourth-order valence-electron chi connectivity index (χ4n) is 1.14. The van der Waals surface area contributed by atoms with E-state index >= 15 is 0 Å². The molecule has 1 amide bonds. The van der Waals surface area contributed by atoms with Gasteiger partial charge >= 0.3 is 0 Å².